The second kappa shape index (κ2) is 11.5. The van der Waals surface area contributed by atoms with Crippen LogP contribution in [0.3, 0.4) is 0 Å². The van der Waals surface area contributed by atoms with Crippen molar-refractivity contribution < 1.29 is 9.53 Å². The van der Waals surface area contributed by atoms with Crippen LogP contribution in [0.15, 0.2) is 4.99 Å². The summed E-state index contributed by atoms with van der Waals surface area (Å²) >= 11 is 1.38. The Bertz CT molecular complexity index is 685. The predicted octanol–water partition coefficient (Wildman–Crippen LogP) is 1.88. The van der Waals surface area contributed by atoms with Gasteiger partial charge in [-0.1, -0.05) is 0 Å². The molecule has 29 heavy (non-hydrogen) atoms. The Morgan fingerprint density at radius 2 is 1.97 bits per heavy atom. The molecular weight excluding hydrogens is 388 g/mol. The number of aryl methyl sites for hydroxylation is 1. The number of piperazine rings is 1. The van der Waals surface area contributed by atoms with Gasteiger partial charge >= 0.3 is 5.97 Å². The van der Waals surface area contributed by atoms with E-state index in [-0.39, 0.29) is 12.0 Å². The van der Waals surface area contributed by atoms with Gasteiger partial charge in [-0.2, -0.15) is 0 Å². The van der Waals surface area contributed by atoms with E-state index in [0.717, 1.165) is 50.2 Å². The van der Waals surface area contributed by atoms with Gasteiger partial charge in [0.05, 0.1) is 24.9 Å². The Labute approximate surface area is 178 Å². The summed E-state index contributed by atoms with van der Waals surface area (Å²) in [5.74, 6) is 0.467. The summed E-state index contributed by atoms with van der Waals surface area (Å²) in [5, 5.41) is 7.58. The first kappa shape index (κ1) is 23.6. The molecule has 0 bridgehead atoms. The van der Waals surface area contributed by atoms with Crippen LogP contribution in [0.1, 0.15) is 54.1 Å². The van der Waals surface area contributed by atoms with Crippen molar-refractivity contribution in [1.82, 2.24) is 25.4 Å². The maximum atomic E-state index is 12.1. The highest BCUT2D eigenvalue weighted by molar-refractivity contribution is 7.13. The van der Waals surface area contributed by atoms with E-state index in [4.69, 9.17) is 9.73 Å². The third kappa shape index (κ3) is 6.94. The third-order valence-corrected chi connectivity index (χ3v) is 6.34. The number of thiazole rings is 1. The highest BCUT2D eigenvalue weighted by atomic mass is 32.1. The Morgan fingerprint density at radius 1 is 1.28 bits per heavy atom. The molecular formula is C20H36N6O2S. The molecule has 1 aliphatic rings. The van der Waals surface area contributed by atoms with E-state index >= 15 is 0 Å². The molecule has 1 fully saturated rings. The lowest BCUT2D eigenvalue weighted by atomic mass is 10.2. The predicted molar refractivity (Wildman–Crippen MR) is 119 cm³/mol. The first-order chi connectivity index (χ1) is 13.8. The van der Waals surface area contributed by atoms with Crippen LogP contribution in [0.5, 0.6) is 0 Å². The summed E-state index contributed by atoms with van der Waals surface area (Å²) in [7, 11) is 2.17. The van der Waals surface area contributed by atoms with Gasteiger partial charge in [-0.05, 0) is 41.7 Å². The molecule has 2 N–H and O–H groups in total. The number of carbonyl (C=O) groups is 1. The van der Waals surface area contributed by atoms with Crippen LogP contribution in [0.25, 0.3) is 0 Å². The van der Waals surface area contributed by atoms with E-state index in [2.05, 4.69) is 46.3 Å². The molecule has 0 spiro atoms. The van der Waals surface area contributed by atoms with E-state index in [1.165, 1.54) is 11.3 Å². The molecule has 1 saturated heterocycles. The van der Waals surface area contributed by atoms with Crippen molar-refractivity contribution in [3.63, 3.8) is 0 Å². The number of nitrogens with one attached hydrogen (secondary N) is 2. The summed E-state index contributed by atoms with van der Waals surface area (Å²) in [6.45, 7) is 16.2. The number of rotatable bonds is 8. The van der Waals surface area contributed by atoms with Crippen LogP contribution in [0, 0.1) is 6.92 Å². The zero-order valence-electron chi connectivity index (χ0n) is 18.6. The van der Waals surface area contributed by atoms with Gasteiger partial charge in [-0.15, -0.1) is 11.3 Å². The summed E-state index contributed by atoms with van der Waals surface area (Å²) in [4.78, 5) is 26.8. The minimum Gasteiger partial charge on any atom is -0.462 e. The van der Waals surface area contributed by atoms with Gasteiger partial charge in [-0.3, -0.25) is 9.89 Å². The fourth-order valence-electron chi connectivity index (χ4n) is 3.18. The van der Waals surface area contributed by atoms with Gasteiger partial charge in [-0.25, -0.2) is 9.78 Å². The van der Waals surface area contributed by atoms with Crippen molar-refractivity contribution >= 4 is 23.3 Å². The lowest BCUT2D eigenvalue weighted by Gasteiger charge is -2.35. The molecule has 2 rings (SSSR count). The number of hydrogen-bond donors (Lipinski definition) is 2. The molecule has 164 valence electrons. The number of carbonyl (C=O) groups excluding carboxylic acids is 1. The van der Waals surface area contributed by atoms with E-state index in [9.17, 15) is 4.79 Å². The molecule has 1 aromatic heterocycles. The highest BCUT2D eigenvalue weighted by Crippen LogP contribution is 2.24. The molecule has 1 aliphatic heterocycles. The molecule has 2 unspecified atom stereocenters. The summed E-state index contributed by atoms with van der Waals surface area (Å²) in [5.41, 5.74) is 0.711. The number of hydrogen-bond acceptors (Lipinski definition) is 7. The molecule has 8 nitrogen and oxygen atoms in total. The largest absolute Gasteiger partial charge is 0.462 e. The fourth-order valence-corrected chi connectivity index (χ4v) is 4.14. The number of nitrogens with zero attached hydrogens (tertiary/aromatic N) is 4. The Balaban J connectivity index is 1.99. The van der Waals surface area contributed by atoms with Gasteiger partial charge in [0.2, 0.25) is 0 Å². The van der Waals surface area contributed by atoms with Gasteiger partial charge in [0.25, 0.3) is 0 Å². The van der Waals surface area contributed by atoms with Crippen molar-refractivity contribution in [3.8, 4) is 0 Å². The summed E-state index contributed by atoms with van der Waals surface area (Å²) in [6.07, 6.45) is 0. The molecule has 9 heteroatoms. The molecule has 0 amide bonds. The number of aromatic nitrogens is 1. The van der Waals surface area contributed by atoms with Crippen molar-refractivity contribution in [2.45, 2.75) is 46.7 Å². The number of ether oxygens (including phenoxy) is 1. The van der Waals surface area contributed by atoms with E-state index in [1.54, 1.807) is 0 Å². The van der Waals surface area contributed by atoms with Crippen LogP contribution in [-0.4, -0.2) is 85.7 Å². The Morgan fingerprint density at radius 3 is 2.59 bits per heavy atom. The fraction of sp³-hybridized carbons (Fsp3) is 0.750. The topological polar surface area (TPSA) is 82.1 Å². The van der Waals surface area contributed by atoms with Gasteiger partial charge in [0, 0.05) is 38.8 Å². The summed E-state index contributed by atoms with van der Waals surface area (Å²) < 4.78 is 5.12. The van der Waals surface area contributed by atoms with Crippen LogP contribution in [0.2, 0.25) is 0 Å². The van der Waals surface area contributed by atoms with E-state index in [1.807, 2.05) is 20.8 Å². The van der Waals surface area contributed by atoms with Crippen LogP contribution >= 0.6 is 11.3 Å². The molecule has 0 saturated carbocycles. The second-order valence-electron chi connectivity index (χ2n) is 7.46. The molecule has 0 aliphatic carbocycles. The first-order valence-electron chi connectivity index (χ1n) is 10.5. The van der Waals surface area contributed by atoms with Crippen molar-refractivity contribution in [3.05, 3.63) is 15.6 Å². The number of esters is 1. The molecule has 1 aromatic rings. The molecule has 2 heterocycles. The minimum atomic E-state index is -0.303. The van der Waals surface area contributed by atoms with Crippen molar-refractivity contribution in [2.24, 2.45) is 4.99 Å². The average Bonchev–Trinajstić information content (AvgIpc) is 3.08. The molecule has 2 atom stereocenters. The molecule has 0 radical (unpaired) electrons. The first-order valence-corrected chi connectivity index (χ1v) is 11.3. The average molecular weight is 425 g/mol. The van der Waals surface area contributed by atoms with Crippen molar-refractivity contribution in [1.29, 1.82) is 0 Å². The van der Waals surface area contributed by atoms with Crippen LogP contribution in [0.4, 0.5) is 0 Å². The smallest absolute Gasteiger partial charge is 0.350 e. The van der Waals surface area contributed by atoms with E-state index < -0.39 is 0 Å². The zero-order valence-corrected chi connectivity index (χ0v) is 19.4. The maximum absolute atomic E-state index is 12.1. The second-order valence-corrected chi connectivity index (χ2v) is 8.49. The van der Waals surface area contributed by atoms with Gasteiger partial charge in [0.15, 0.2) is 5.96 Å². The number of aliphatic imine (C=N–C) groups is 1. The third-order valence-electron chi connectivity index (χ3n) is 5.02. The lowest BCUT2D eigenvalue weighted by Crippen LogP contribution is -2.49. The highest BCUT2D eigenvalue weighted by Gasteiger charge is 2.21. The monoisotopic (exact) mass is 424 g/mol. The maximum Gasteiger partial charge on any atom is 0.350 e. The number of guanidine groups is 1. The molecule has 0 aromatic carbocycles. The normalized spacial score (nSPS) is 18.3. The lowest BCUT2D eigenvalue weighted by molar-refractivity contribution is 0.0531. The van der Waals surface area contributed by atoms with Gasteiger partial charge < -0.3 is 20.3 Å². The SMILES string of the molecule is CCNC(=NCC(C)N1CCN(C)CC1)NC(C)c1nc(C)c(C(=O)OCC)s1. The van der Waals surface area contributed by atoms with Crippen LogP contribution < -0.4 is 10.6 Å². The van der Waals surface area contributed by atoms with Gasteiger partial charge in [0.1, 0.15) is 9.88 Å². The zero-order chi connectivity index (χ0) is 21.4. The summed E-state index contributed by atoms with van der Waals surface area (Å²) in [6, 6.07) is 0.339. The van der Waals surface area contributed by atoms with E-state index in [0.29, 0.717) is 23.2 Å². The number of likely N-dealkylation sites (N-methyl/N-ethyl adjacent to an activating group) is 1. The standard InChI is InChI=1S/C20H36N6O2S/c1-7-21-20(22-13-14(3)26-11-9-25(6)10-12-26)24-16(5)18-23-15(4)17(29-18)19(27)28-8-2/h14,16H,7-13H2,1-6H3,(H2,21,22,24). The quantitative estimate of drug-likeness (QED) is 0.375. The van der Waals surface area contributed by atoms with Crippen LogP contribution in [-0.2, 0) is 4.74 Å². The Hall–Kier alpha value is -1.71. The Kier molecular flexibility index (Phi) is 9.32. The minimum absolute atomic E-state index is 0.0568. The van der Waals surface area contributed by atoms with Crippen molar-refractivity contribution in [2.75, 3.05) is 52.9 Å².